The number of halogens is 2. The maximum Gasteiger partial charge on any atom is 0.323 e. The van der Waals surface area contributed by atoms with Gasteiger partial charge in [-0.05, 0) is 43.3 Å². The molecule has 1 unspecified atom stereocenters. The standard InChI is InChI=1S/C26H20ClFN6O3/c1-2-34-23-11-21(18(12-29)24(30)35)31-13-14(23)8-17(25(34)36)16-9-22(20(28)10-19(16)27)33-26(37)32-15-6-4-3-5-7-15/h3-11,13,18H,2H2,1H3,(H2,30,35)(H2,32,33,37). The number of hydrogen-bond acceptors (Lipinski definition) is 5. The van der Waals surface area contributed by atoms with Crippen molar-refractivity contribution in [2.75, 3.05) is 10.6 Å². The normalized spacial score (nSPS) is 11.5. The number of benzene rings is 2. The molecule has 1 atom stereocenters. The number of amides is 3. The molecule has 4 N–H and O–H groups in total. The number of anilines is 2. The summed E-state index contributed by atoms with van der Waals surface area (Å²) < 4.78 is 16.1. The van der Waals surface area contributed by atoms with Crippen molar-refractivity contribution < 1.29 is 14.0 Å². The van der Waals surface area contributed by atoms with Crippen molar-refractivity contribution in [2.24, 2.45) is 5.73 Å². The van der Waals surface area contributed by atoms with Gasteiger partial charge in [-0.1, -0.05) is 29.8 Å². The lowest BCUT2D eigenvalue weighted by molar-refractivity contribution is -0.118. The van der Waals surface area contributed by atoms with Crippen LogP contribution < -0.4 is 21.9 Å². The van der Waals surface area contributed by atoms with Gasteiger partial charge in [-0.3, -0.25) is 14.6 Å². The molecular formula is C26H20ClFN6O3. The Balaban J connectivity index is 1.78. The highest BCUT2D eigenvalue weighted by Crippen LogP contribution is 2.33. The van der Waals surface area contributed by atoms with Crippen molar-refractivity contribution in [2.45, 2.75) is 19.4 Å². The molecule has 0 spiro atoms. The summed E-state index contributed by atoms with van der Waals surface area (Å²) in [5.74, 6) is -2.91. The molecule has 4 rings (SSSR count). The number of aromatic nitrogens is 2. The summed E-state index contributed by atoms with van der Waals surface area (Å²) >= 11 is 6.32. The Labute approximate surface area is 215 Å². The van der Waals surface area contributed by atoms with Crippen molar-refractivity contribution in [1.29, 1.82) is 5.26 Å². The van der Waals surface area contributed by atoms with E-state index >= 15 is 0 Å². The number of carbonyl (C=O) groups is 2. The number of carbonyl (C=O) groups excluding carboxylic acids is 2. The van der Waals surface area contributed by atoms with Gasteiger partial charge in [-0.2, -0.15) is 5.26 Å². The van der Waals surface area contributed by atoms with Crippen LogP contribution in [0.1, 0.15) is 18.5 Å². The third-order valence-corrected chi connectivity index (χ3v) is 5.96. The number of pyridine rings is 2. The van der Waals surface area contributed by atoms with Crippen LogP contribution >= 0.6 is 11.6 Å². The Bertz CT molecular complexity index is 1630. The van der Waals surface area contributed by atoms with Crippen molar-refractivity contribution >= 4 is 45.8 Å². The zero-order chi connectivity index (χ0) is 26.7. The van der Waals surface area contributed by atoms with Crippen LogP contribution in [0.5, 0.6) is 0 Å². The van der Waals surface area contributed by atoms with Gasteiger partial charge in [0.15, 0.2) is 5.92 Å². The molecule has 2 aromatic carbocycles. The van der Waals surface area contributed by atoms with E-state index in [1.54, 1.807) is 43.3 Å². The van der Waals surface area contributed by atoms with E-state index in [0.717, 1.165) is 6.07 Å². The summed E-state index contributed by atoms with van der Waals surface area (Å²) in [5, 5.41) is 14.8. The summed E-state index contributed by atoms with van der Waals surface area (Å²) in [6.07, 6.45) is 1.41. The molecule has 2 aromatic heterocycles. The van der Waals surface area contributed by atoms with Crippen LogP contribution in [0.25, 0.3) is 22.0 Å². The van der Waals surface area contributed by atoms with Gasteiger partial charge in [-0.15, -0.1) is 0 Å². The van der Waals surface area contributed by atoms with Crippen LogP contribution in [0.3, 0.4) is 0 Å². The lowest BCUT2D eigenvalue weighted by Crippen LogP contribution is -2.24. The van der Waals surface area contributed by atoms with Gasteiger partial charge in [0.05, 0.1) is 28.0 Å². The maximum absolute atomic E-state index is 14.7. The van der Waals surface area contributed by atoms with Crippen LogP contribution in [0.15, 0.2) is 65.6 Å². The summed E-state index contributed by atoms with van der Waals surface area (Å²) in [6, 6.07) is 15.0. The zero-order valence-corrected chi connectivity index (χ0v) is 20.2. The number of urea groups is 1. The van der Waals surface area contributed by atoms with Crippen LogP contribution in [0, 0.1) is 17.1 Å². The fraction of sp³-hybridized carbons (Fsp3) is 0.115. The first-order valence-electron chi connectivity index (χ1n) is 11.1. The summed E-state index contributed by atoms with van der Waals surface area (Å²) in [6.45, 7) is 1.98. The van der Waals surface area contributed by atoms with Crippen molar-refractivity contribution in [1.82, 2.24) is 9.55 Å². The SMILES string of the molecule is CCn1c(=O)c(-c2cc(NC(=O)Nc3ccccc3)c(F)cc2Cl)cc2cnc(C(C#N)C(N)=O)cc21. The molecule has 4 aromatic rings. The van der Waals surface area contributed by atoms with E-state index in [-0.39, 0.29) is 34.1 Å². The molecule has 0 bridgehead atoms. The third kappa shape index (κ3) is 5.12. The van der Waals surface area contributed by atoms with Gasteiger partial charge in [0, 0.05) is 34.9 Å². The zero-order valence-electron chi connectivity index (χ0n) is 19.5. The minimum Gasteiger partial charge on any atom is -0.368 e. The smallest absolute Gasteiger partial charge is 0.323 e. The first-order valence-corrected chi connectivity index (χ1v) is 11.5. The van der Waals surface area contributed by atoms with E-state index in [4.69, 9.17) is 17.3 Å². The Kier molecular flexibility index (Phi) is 7.18. The first kappa shape index (κ1) is 25.3. The highest BCUT2D eigenvalue weighted by Gasteiger charge is 2.21. The van der Waals surface area contributed by atoms with E-state index < -0.39 is 29.2 Å². The van der Waals surface area contributed by atoms with Gasteiger partial charge in [-0.25, -0.2) is 9.18 Å². The largest absolute Gasteiger partial charge is 0.368 e. The minimum absolute atomic E-state index is 0.0338. The van der Waals surface area contributed by atoms with Crippen molar-refractivity contribution in [3.63, 3.8) is 0 Å². The number of rotatable bonds is 6. The predicted molar refractivity (Wildman–Crippen MR) is 139 cm³/mol. The van der Waals surface area contributed by atoms with Gasteiger partial charge in [0.25, 0.3) is 5.56 Å². The second-order valence-corrected chi connectivity index (χ2v) is 8.40. The van der Waals surface area contributed by atoms with Gasteiger partial charge in [0.2, 0.25) is 5.91 Å². The maximum atomic E-state index is 14.7. The third-order valence-electron chi connectivity index (χ3n) is 5.65. The Hall–Kier alpha value is -4.75. The van der Waals surface area contributed by atoms with Crippen molar-refractivity contribution in [3.05, 3.63) is 87.7 Å². The molecule has 37 heavy (non-hydrogen) atoms. The molecule has 0 radical (unpaired) electrons. The van der Waals surface area contributed by atoms with Crippen LogP contribution in [0.2, 0.25) is 5.02 Å². The molecule has 11 heteroatoms. The van der Waals surface area contributed by atoms with E-state index in [1.807, 2.05) is 0 Å². The molecule has 2 heterocycles. The van der Waals surface area contributed by atoms with E-state index in [9.17, 15) is 24.0 Å². The molecular weight excluding hydrogens is 499 g/mol. The van der Waals surface area contributed by atoms with E-state index in [0.29, 0.717) is 16.6 Å². The van der Waals surface area contributed by atoms with E-state index in [2.05, 4.69) is 15.6 Å². The fourth-order valence-electron chi connectivity index (χ4n) is 3.89. The summed E-state index contributed by atoms with van der Waals surface area (Å²) in [4.78, 5) is 41.7. The lowest BCUT2D eigenvalue weighted by atomic mass is 10.0. The number of nitriles is 1. The molecule has 0 saturated heterocycles. The first-order chi connectivity index (χ1) is 17.7. The Morgan fingerprint density at radius 1 is 1.16 bits per heavy atom. The monoisotopic (exact) mass is 518 g/mol. The molecule has 3 amide bonds. The fourth-order valence-corrected chi connectivity index (χ4v) is 4.14. The number of primary amides is 1. The molecule has 0 fully saturated rings. The number of hydrogen-bond donors (Lipinski definition) is 3. The van der Waals surface area contributed by atoms with Crippen LogP contribution in [-0.4, -0.2) is 21.5 Å². The highest BCUT2D eigenvalue weighted by molar-refractivity contribution is 6.33. The van der Waals surface area contributed by atoms with Gasteiger partial charge < -0.3 is 20.9 Å². The topological polar surface area (TPSA) is 143 Å². The van der Waals surface area contributed by atoms with Gasteiger partial charge in [0.1, 0.15) is 5.82 Å². The predicted octanol–water partition coefficient (Wildman–Crippen LogP) is 4.61. The Morgan fingerprint density at radius 2 is 1.89 bits per heavy atom. The number of nitrogens with two attached hydrogens (primary N) is 1. The highest BCUT2D eigenvalue weighted by atomic mass is 35.5. The molecule has 0 aliphatic heterocycles. The number of fused-ring (bicyclic) bond motifs is 1. The summed E-state index contributed by atoms with van der Waals surface area (Å²) in [7, 11) is 0. The minimum atomic E-state index is -1.27. The van der Waals surface area contributed by atoms with Crippen LogP contribution in [-0.2, 0) is 11.3 Å². The molecule has 0 saturated carbocycles. The molecule has 186 valence electrons. The second kappa shape index (κ2) is 10.5. The number of aryl methyl sites for hydroxylation is 1. The number of nitrogens with zero attached hydrogens (tertiary/aromatic N) is 3. The number of nitrogens with one attached hydrogen (secondary N) is 2. The van der Waals surface area contributed by atoms with Crippen molar-refractivity contribution in [3.8, 4) is 17.2 Å². The number of para-hydroxylation sites is 1. The van der Waals surface area contributed by atoms with Gasteiger partial charge >= 0.3 is 6.03 Å². The quantitative estimate of drug-likeness (QED) is 0.341. The average molecular weight is 519 g/mol. The lowest BCUT2D eigenvalue weighted by Gasteiger charge is -2.15. The average Bonchev–Trinajstić information content (AvgIpc) is 2.86. The second-order valence-electron chi connectivity index (χ2n) is 8.00. The molecule has 0 aliphatic carbocycles. The van der Waals surface area contributed by atoms with E-state index in [1.165, 1.54) is 29.0 Å². The Morgan fingerprint density at radius 3 is 2.54 bits per heavy atom. The van der Waals surface area contributed by atoms with Crippen LogP contribution in [0.4, 0.5) is 20.6 Å². The molecule has 9 nitrogen and oxygen atoms in total. The summed E-state index contributed by atoms with van der Waals surface area (Å²) in [5.41, 5.74) is 6.07. The molecule has 0 aliphatic rings.